The van der Waals surface area contributed by atoms with Gasteiger partial charge in [-0.3, -0.25) is 4.79 Å². The van der Waals surface area contributed by atoms with Gasteiger partial charge in [0.05, 0.1) is 5.75 Å². The van der Waals surface area contributed by atoms with Crippen LogP contribution in [0.4, 0.5) is 11.5 Å². The van der Waals surface area contributed by atoms with E-state index in [0.29, 0.717) is 29.1 Å². The van der Waals surface area contributed by atoms with E-state index in [4.69, 9.17) is 16.7 Å². The number of nitrogens with one attached hydrogen (secondary N) is 2. The number of hydrogen-bond acceptors (Lipinski definition) is 6. The lowest BCUT2D eigenvalue weighted by Crippen LogP contribution is -2.26. The van der Waals surface area contributed by atoms with Gasteiger partial charge < -0.3 is 15.7 Å². The van der Waals surface area contributed by atoms with E-state index in [-0.39, 0.29) is 18.3 Å². The number of anilines is 2. The molecule has 0 aliphatic carbocycles. The van der Waals surface area contributed by atoms with Gasteiger partial charge in [0.2, 0.25) is 5.91 Å². The minimum absolute atomic E-state index is 0.0967. The van der Waals surface area contributed by atoms with Gasteiger partial charge in [0.1, 0.15) is 11.0 Å². The van der Waals surface area contributed by atoms with E-state index in [2.05, 4.69) is 20.6 Å². The monoisotopic (exact) mass is 394 g/mol. The minimum Gasteiger partial charge on any atom is -0.396 e. The normalized spacial score (nSPS) is 10.6. The molecule has 0 radical (unpaired) electrons. The number of benzene rings is 1. The van der Waals surface area contributed by atoms with E-state index in [1.54, 1.807) is 6.07 Å². The van der Waals surface area contributed by atoms with E-state index < -0.39 is 0 Å². The van der Waals surface area contributed by atoms with Crippen molar-refractivity contribution in [3.8, 4) is 0 Å². The van der Waals surface area contributed by atoms with E-state index in [9.17, 15) is 4.79 Å². The van der Waals surface area contributed by atoms with Crippen LogP contribution in [0.15, 0.2) is 29.4 Å². The standard InChI is InChI=1S/C18H23ClN4O2S/c1-12-6-5-7-14(13(12)2)21-16-10-15(19)22-18(23-16)26-11-17(25)20-8-3-4-9-24/h5-7,10,24H,3-4,8-9,11H2,1-2H3,(H,20,25)(H,21,22,23). The number of halogens is 1. The highest BCUT2D eigenvalue weighted by atomic mass is 35.5. The van der Waals surface area contributed by atoms with Crippen molar-refractivity contribution in [1.82, 2.24) is 15.3 Å². The van der Waals surface area contributed by atoms with Gasteiger partial charge in [0.25, 0.3) is 0 Å². The lowest BCUT2D eigenvalue weighted by Gasteiger charge is -2.11. The van der Waals surface area contributed by atoms with Gasteiger partial charge in [-0.25, -0.2) is 9.97 Å². The predicted molar refractivity (Wildman–Crippen MR) is 106 cm³/mol. The minimum atomic E-state index is -0.0967. The average Bonchev–Trinajstić information content (AvgIpc) is 2.60. The summed E-state index contributed by atoms with van der Waals surface area (Å²) in [6.07, 6.45) is 1.43. The molecular formula is C18H23ClN4O2S. The third-order valence-electron chi connectivity index (χ3n) is 3.78. The second-order valence-corrected chi connectivity index (χ2v) is 7.13. The van der Waals surface area contributed by atoms with Crippen LogP contribution < -0.4 is 10.6 Å². The number of aromatic nitrogens is 2. The molecule has 2 rings (SSSR count). The van der Waals surface area contributed by atoms with Crippen LogP contribution in [0.25, 0.3) is 0 Å². The zero-order valence-corrected chi connectivity index (χ0v) is 16.5. The number of carbonyl (C=O) groups excluding carboxylic acids is 1. The molecule has 0 fully saturated rings. The summed E-state index contributed by atoms with van der Waals surface area (Å²) in [5.74, 6) is 0.702. The van der Waals surface area contributed by atoms with Crippen molar-refractivity contribution in [2.75, 3.05) is 24.2 Å². The average molecular weight is 395 g/mol. The van der Waals surface area contributed by atoms with Gasteiger partial charge in [-0.1, -0.05) is 35.5 Å². The zero-order chi connectivity index (χ0) is 18.9. The number of aryl methyl sites for hydroxylation is 1. The number of aliphatic hydroxyl groups excluding tert-OH is 1. The van der Waals surface area contributed by atoms with Crippen LogP contribution >= 0.6 is 23.4 Å². The Morgan fingerprint density at radius 2 is 2.08 bits per heavy atom. The van der Waals surface area contributed by atoms with E-state index in [1.165, 1.54) is 17.3 Å². The molecule has 3 N–H and O–H groups in total. The summed E-state index contributed by atoms with van der Waals surface area (Å²) >= 11 is 7.32. The molecule has 140 valence electrons. The molecule has 0 saturated heterocycles. The molecule has 2 aromatic rings. The first kappa shape index (κ1) is 20.5. The van der Waals surface area contributed by atoms with Gasteiger partial charge in [0.15, 0.2) is 5.16 Å². The van der Waals surface area contributed by atoms with Crippen LogP contribution in [0.3, 0.4) is 0 Å². The topological polar surface area (TPSA) is 87.1 Å². The Morgan fingerprint density at radius 1 is 1.27 bits per heavy atom. The molecule has 1 amide bonds. The van der Waals surface area contributed by atoms with Crippen LogP contribution in [0.5, 0.6) is 0 Å². The smallest absolute Gasteiger partial charge is 0.230 e. The predicted octanol–water partition coefficient (Wildman–Crippen LogP) is 3.47. The fraction of sp³-hybridized carbons (Fsp3) is 0.389. The molecule has 0 aliphatic heterocycles. The fourth-order valence-electron chi connectivity index (χ4n) is 2.20. The lowest BCUT2D eigenvalue weighted by atomic mass is 10.1. The fourth-order valence-corrected chi connectivity index (χ4v) is 3.12. The van der Waals surface area contributed by atoms with Crippen molar-refractivity contribution in [3.05, 3.63) is 40.5 Å². The molecule has 6 nitrogen and oxygen atoms in total. The Labute approximate surface area is 162 Å². The maximum Gasteiger partial charge on any atom is 0.230 e. The maximum absolute atomic E-state index is 11.8. The highest BCUT2D eigenvalue weighted by Crippen LogP contribution is 2.25. The maximum atomic E-state index is 11.8. The van der Waals surface area contributed by atoms with Gasteiger partial charge in [-0.05, 0) is 43.9 Å². The van der Waals surface area contributed by atoms with Crippen LogP contribution in [0.2, 0.25) is 5.15 Å². The number of aliphatic hydroxyl groups is 1. The molecule has 1 aromatic carbocycles. The largest absolute Gasteiger partial charge is 0.396 e. The summed E-state index contributed by atoms with van der Waals surface area (Å²) in [7, 11) is 0. The highest BCUT2D eigenvalue weighted by Gasteiger charge is 2.09. The second kappa shape index (κ2) is 10.4. The quantitative estimate of drug-likeness (QED) is 0.261. The first-order valence-corrected chi connectivity index (χ1v) is 9.74. The Morgan fingerprint density at radius 3 is 2.85 bits per heavy atom. The molecule has 0 saturated carbocycles. The van der Waals surface area contributed by atoms with Crippen LogP contribution in [0, 0.1) is 13.8 Å². The van der Waals surface area contributed by atoms with Crippen molar-refractivity contribution >= 4 is 40.8 Å². The van der Waals surface area contributed by atoms with Crippen molar-refractivity contribution < 1.29 is 9.90 Å². The number of nitrogens with zero attached hydrogens (tertiary/aromatic N) is 2. The molecule has 0 atom stereocenters. The molecule has 0 bridgehead atoms. The van der Waals surface area contributed by atoms with E-state index >= 15 is 0 Å². The summed E-state index contributed by atoms with van der Waals surface area (Å²) in [5, 5.41) is 15.5. The Bertz CT molecular complexity index is 758. The summed E-state index contributed by atoms with van der Waals surface area (Å²) in [4.78, 5) is 20.4. The van der Waals surface area contributed by atoms with E-state index in [0.717, 1.165) is 17.7 Å². The molecule has 0 unspecified atom stereocenters. The summed E-state index contributed by atoms with van der Waals surface area (Å²) < 4.78 is 0. The molecule has 1 heterocycles. The summed E-state index contributed by atoms with van der Waals surface area (Å²) in [6.45, 7) is 4.78. The molecule has 8 heteroatoms. The number of carbonyl (C=O) groups is 1. The Balaban J connectivity index is 1.96. The van der Waals surface area contributed by atoms with Crippen molar-refractivity contribution in [1.29, 1.82) is 0 Å². The Hall–Kier alpha value is -1.83. The van der Waals surface area contributed by atoms with Crippen LogP contribution in [-0.4, -0.2) is 39.9 Å². The van der Waals surface area contributed by atoms with Crippen LogP contribution in [-0.2, 0) is 4.79 Å². The van der Waals surface area contributed by atoms with Gasteiger partial charge in [0, 0.05) is 24.9 Å². The third-order valence-corrected chi connectivity index (χ3v) is 4.82. The second-order valence-electron chi connectivity index (χ2n) is 5.80. The first-order chi connectivity index (χ1) is 12.5. The van der Waals surface area contributed by atoms with Gasteiger partial charge >= 0.3 is 0 Å². The van der Waals surface area contributed by atoms with E-state index in [1.807, 2.05) is 32.0 Å². The summed E-state index contributed by atoms with van der Waals surface area (Å²) in [6, 6.07) is 7.66. The SMILES string of the molecule is Cc1cccc(Nc2cc(Cl)nc(SCC(=O)NCCCCO)n2)c1C. The van der Waals surface area contributed by atoms with Gasteiger partial charge in [-0.2, -0.15) is 0 Å². The summed E-state index contributed by atoms with van der Waals surface area (Å²) in [5.41, 5.74) is 3.28. The third kappa shape index (κ3) is 6.48. The number of amides is 1. The molecule has 0 spiro atoms. The zero-order valence-electron chi connectivity index (χ0n) is 14.9. The Kier molecular flexibility index (Phi) is 8.15. The lowest BCUT2D eigenvalue weighted by molar-refractivity contribution is -0.118. The molecule has 0 aliphatic rings. The van der Waals surface area contributed by atoms with Crippen molar-refractivity contribution in [3.63, 3.8) is 0 Å². The molecular weight excluding hydrogens is 372 g/mol. The molecule has 26 heavy (non-hydrogen) atoms. The van der Waals surface area contributed by atoms with Crippen molar-refractivity contribution in [2.45, 2.75) is 31.8 Å². The first-order valence-electron chi connectivity index (χ1n) is 8.38. The van der Waals surface area contributed by atoms with Gasteiger partial charge in [-0.15, -0.1) is 0 Å². The molecule has 1 aromatic heterocycles. The highest BCUT2D eigenvalue weighted by molar-refractivity contribution is 7.99. The number of thioether (sulfide) groups is 1. The van der Waals surface area contributed by atoms with Crippen molar-refractivity contribution in [2.24, 2.45) is 0 Å². The number of hydrogen-bond donors (Lipinski definition) is 3. The number of unbranched alkanes of at least 4 members (excludes halogenated alkanes) is 1. The number of rotatable bonds is 9. The van der Waals surface area contributed by atoms with Crippen LogP contribution in [0.1, 0.15) is 24.0 Å².